The first kappa shape index (κ1) is 24.6. The Balaban J connectivity index is 1.30. The topological polar surface area (TPSA) is 130 Å². The van der Waals surface area contributed by atoms with Crippen LogP contribution < -0.4 is 20.3 Å². The number of piperazine rings is 1. The number of aromatic nitrogens is 2. The second kappa shape index (κ2) is 10.8. The number of nitrogens with one attached hydrogen (secondary N) is 2. The molecule has 0 unspecified atom stereocenters. The fraction of sp³-hybridized carbons (Fsp3) is 0.261. The van der Waals surface area contributed by atoms with Crippen molar-refractivity contribution in [1.29, 1.82) is 0 Å². The standard InChI is InChI=1S/C23H22F2N6O5/c1-14(32)30-10-12-31(13-11-30)17-6-4-16(5-7-17)26-20(34)21-28-29-23(36-21)27-19(33)15-2-8-18(9-3-15)35-22(24)25/h2-9,22H,10-13H2,1H3,(H,26,34)(H,27,29,33). The number of alkyl halides is 2. The van der Waals surface area contributed by atoms with Crippen molar-refractivity contribution in [2.75, 3.05) is 41.7 Å². The van der Waals surface area contributed by atoms with Gasteiger partial charge in [0, 0.05) is 50.0 Å². The summed E-state index contributed by atoms with van der Waals surface area (Å²) in [6, 6.07) is 11.9. The molecule has 0 saturated carbocycles. The lowest BCUT2D eigenvalue weighted by Crippen LogP contribution is -2.48. The van der Waals surface area contributed by atoms with Gasteiger partial charge in [0.1, 0.15) is 5.75 Å². The molecule has 0 radical (unpaired) electrons. The molecule has 188 valence electrons. The van der Waals surface area contributed by atoms with Gasteiger partial charge in [-0.3, -0.25) is 19.7 Å². The smallest absolute Gasteiger partial charge is 0.387 e. The number of carbonyl (C=O) groups is 3. The molecule has 0 aliphatic carbocycles. The normalized spacial score (nSPS) is 13.4. The van der Waals surface area contributed by atoms with Gasteiger partial charge >= 0.3 is 24.4 Å². The van der Waals surface area contributed by atoms with Crippen molar-refractivity contribution in [3.63, 3.8) is 0 Å². The molecule has 2 aromatic carbocycles. The van der Waals surface area contributed by atoms with Gasteiger partial charge in [0.05, 0.1) is 0 Å². The van der Waals surface area contributed by atoms with E-state index in [-0.39, 0.29) is 29.1 Å². The number of hydrogen-bond donors (Lipinski definition) is 2. The van der Waals surface area contributed by atoms with Crippen LogP contribution in [0.15, 0.2) is 52.9 Å². The van der Waals surface area contributed by atoms with Crippen molar-refractivity contribution < 1.29 is 32.3 Å². The summed E-state index contributed by atoms with van der Waals surface area (Å²) in [6.45, 7) is 1.33. The fourth-order valence-corrected chi connectivity index (χ4v) is 3.54. The van der Waals surface area contributed by atoms with Crippen molar-refractivity contribution in [3.8, 4) is 5.75 Å². The first-order chi connectivity index (χ1) is 17.3. The maximum Gasteiger partial charge on any atom is 0.387 e. The highest BCUT2D eigenvalue weighted by Gasteiger charge is 2.20. The number of hydrogen-bond acceptors (Lipinski definition) is 8. The van der Waals surface area contributed by atoms with Crippen molar-refractivity contribution in [2.45, 2.75) is 13.5 Å². The van der Waals surface area contributed by atoms with Crippen molar-refractivity contribution in [3.05, 3.63) is 60.0 Å². The lowest BCUT2D eigenvalue weighted by Gasteiger charge is -2.35. The minimum absolute atomic E-state index is 0.0628. The van der Waals surface area contributed by atoms with Crippen molar-refractivity contribution in [1.82, 2.24) is 15.1 Å². The van der Waals surface area contributed by atoms with Gasteiger partial charge in [-0.15, -0.1) is 5.10 Å². The summed E-state index contributed by atoms with van der Waals surface area (Å²) in [5, 5.41) is 12.2. The summed E-state index contributed by atoms with van der Waals surface area (Å²) < 4.78 is 33.9. The van der Waals surface area contributed by atoms with Gasteiger partial charge < -0.3 is 24.3 Å². The predicted molar refractivity (Wildman–Crippen MR) is 124 cm³/mol. The van der Waals surface area contributed by atoms with Gasteiger partial charge in [-0.1, -0.05) is 5.10 Å². The molecular formula is C23H22F2N6O5. The molecule has 1 aliphatic heterocycles. The summed E-state index contributed by atoms with van der Waals surface area (Å²) in [5.41, 5.74) is 1.59. The second-order valence-electron chi connectivity index (χ2n) is 7.76. The van der Waals surface area contributed by atoms with Crippen LogP contribution in [-0.4, -0.2) is 65.6 Å². The maximum absolute atomic E-state index is 12.5. The monoisotopic (exact) mass is 500 g/mol. The average molecular weight is 500 g/mol. The highest BCUT2D eigenvalue weighted by atomic mass is 19.3. The van der Waals surface area contributed by atoms with Crippen LogP contribution >= 0.6 is 0 Å². The van der Waals surface area contributed by atoms with E-state index in [0.717, 1.165) is 18.8 Å². The van der Waals surface area contributed by atoms with Gasteiger partial charge in [0.2, 0.25) is 5.91 Å². The third-order valence-corrected chi connectivity index (χ3v) is 5.40. The van der Waals surface area contributed by atoms with E-state index in [2.05, 4.69) is 30.5 Å². The van der Waals surface area contributed by atoms with Crippen LogP contribution in [0.25, 0.3) is 0 Å². The zero-order valence-corrected chi connectivity index (χ0v) is 19.1. The molecule has 36 heavy (non-hydrogen) atoms. The first-order valence-electron chi connectivity index (χ1n) is 10.9. The number of rotatable bonds is 7. The third-order valence-electron chi connectivity index (χ3n) is 5.40. The Hall–Kier alpha value is -4.55. The fourth-order valence-electron chi connectivity index (χ4n) is 3.54. The molecule has 3 amide bonds. The van der Waals surface area contributed by atoms with Crippen LogP contribution in [0, 0.1) is 0 Å². The molecule has 2 heterocycles. The summed E-state index contributed by atoms with van der Waals surface area (Å²) in [4.78, 5) is 40.2. The quantitative estimate of drug-likeness (QED) is 0.507. The summed E-state index contributed by atoms with van der Waals surface area (Å²) >= 11 is 0. The van der Waals surface area contributed by atoms with Gasteiger partial charge in [0.25, 0.3) is 5.91 Å². The van der Waals surface area contributed by atoms with Gasteiger partial charge in [0.15, 0.2) is 0 Å². The molecule has 2 N–H and O–H groups in total. The molecule has 1 fully saturated rings. The second-order valence-corrected chi connectivity index (χ2v) is 7.76. The largest absolute Gasteiger partial charge is 0.435 e. The van der Waals surface area contributed by atoms with E-state index in [4.69, 9.17) is 4.42 Å². The van der Waals surface area contributed by atoms with E-state index in [9.17, 15) is 23.2 Å². The van der Waals surface area contributed by atoms with E-state index in [1.54, 1.807) is 24.0 Å². The van der Waals surface area contributed by atoms with E-state index in [1.165, 1.54) is 24.3 Å². The average Bonchev–Trinajstić information content (AvgIpc) is 3.33. The molecule has 13 heteroatoms. The van der Waals surface area contributed by atoms with Gasteiger partial charge in [-0.25, -0.2) is 0 Å². The summed E-state index contributed by atoms with van der Waals surface area (Å²) in [5.74, 6) is -1.71. The molecular weight excluding hydrogens is 478 g/mol. The summed E-state index contributed by atoms with van der Waals surface area (Å²) in [6.07, 6.45) is 0. The molecule has 11 nitrogen and oxygen atoms in total. The zero-order chi connectivity index (χ0) is 25.7. The minimum atomic E-state index is -2.97. The first-order valence-corrected chi connectivity index (χ1v) is 10.9. The zero-order valence-electron chi connectivity index (χ0n) is 19.1. The lowest BCUT2D eigenvalue weighted by atomic mass is 10.2. The Kier molecular flexibility index (Phi) is 7.37. The maximum atomic E-state index is 12.5. The van der Waals surface area contributed by atoms with Crippen molar-refractivity contribution >= 4 is 35.1 Å². The highest BCUT2D eigenvalue weighted by molar-refractivity contribution is 6.04. The SMILES string of the molecule is CC(=O)N1CCN(c2ccc(NC(=O)c3nnc(NC(=O)c4ccc(OC(F)F)cc4)o3)cc2)CC1. The van der Waals surface area contributed by atoms with Gasteiger partial charge in [-0.05, 0) is 48.5 Å². The Morgan fingerprint density at radius 1 is 0.917 bits per heavy atom. The van der Waals surface area contributed by atoms with E-state index in [0.29, 0.717) is 18.8 Å². The minimum Gasteiger partial charge on any atom is -0.435 e. The molecule has 1 aliphatic rings. The van der Waals surface area contributed by atoms with Gasteiger partial charge in [-0.2, -0.15) is 8.78 Å². The van der Waals surface area contributed by atoms with E-state index < -0.39 is 18.4 Å². The van der Waals surface area contributed by atoms with Crippen LogP contribution in [0.2, 0.25) is 0 Å². The number of amides is 3. The molecule has 0 atom stereocenters. The third kappa shape index (κ3) is 6.11. The summed E-state index contributed by atoms with van der Waals surface area (Å²) in [7, 11) is 0. The molecule has 0 spiro atoms. The Bertz CT molecular complexity index is 1220. The van der Waals surface area contributed by atoms with Crippen molar-refractivity contribution in [2.24, 2.45) is 0 Å². The Labute approximate surface area is 204 Å². The number of nitrogens with zero attached hydrogens (tertiary/aromatic N) is 4. The lowest BCUT2D eigenvalue weighted by molar-refractivity contribution is -0.129. The van der Waals surface area contributed by atoms with Crippen LogP contribution in [0.3, 0.4) is 0 Å². The predicted octanol–water partition coefficient (Wildman–Crippen LogP) is 2.84. The van der Waals surface area contributed by atoms with E-state index in [1.807, 2.05) is 12.1 Å². The van der Waals surface area contributed by atoms with E-state index >= 15 is 0 Å². The number of carbonyl (C=O) groups excluding carboxylic acids is 3. The number of halogens is 2. The van der Waals surface area contributed by atoms with Crippen LogP contribution in [0.1, 0.15) is 28.0 Å². The van der Waals surface area contributed by atoms with Crippen LogP contribution in [0.5, 0.6) is 5.75 Å². The number of benzene rings is 2. The van der Waals surface area contributed by atoms with Crippen LogP contribution in [-0.2, 0) is 4.79 Å². The molecule has 0 bridgehead atoms. The number of ether oxygens (including phenoxy) is 1. The molecule has 4 rings (SSSR count). The Morgan fingerprint density at radius 2 is 1.58 bits per heavy atom. The molecule has 3 aromatic rings. The molecule has 1 aromatic heterocycles. The van der Waals surface area contributed by atoms with Crippen LogP contribution in [0.4, 0.5) is 26.2 Å². The number of anilines is 3. The molecule has 1 saturated heterocycles. The highest BCUT2D eigenvalue weighted by Crippen LogP contribution is 2.21. The Morgan fingerprint density at radius 3 is 2.19 bits per heavy atom.